The van der Waals surface area contributed by atoms with Crippen molar-refractivity contribution in [2.75, 3.05) is 13.1 Å². The Morgan fingerprint density at radius 2 is 1.73 bits per heavy atom. The van der Waals surface area contributed by atoms with Crippen molar-refractivity contribution in [1.29, 1.82) is 0 Å². The molecule has 1 aromatic carbocycles. The lowest BCUT2D eigenvalue weighted by atomic mass is 9.92. The highest BCUT2D eigenvalue weighted by atomic mass is 35.5. The Bertz CT molecular complexity index is 464. The van der Waals surface area contributed by atoms with Gasteiger partial charge in [-0.25, -0.2) is 0 Å². The zero-order chi connectivity index (χ0) is 15.4. The molecular weight excluding hydrogens is 296 g/mol. The zero-order valence-corrected chi connectivity index (χ0v) is 14.9. The van der Waals surface area contributed by atoms with Crippen LogP contribution in [0.5, 0.6) is 0 Å². The Labute approximate surface area is 140 Å². The fraction of sp³-hybridized carbons (Fsp3) is 0.611. The number of hydrogen-bond donors (Lipinski definition) is 2. The minimum Gasteiger partial charge on any atom is -0.349 e. The van der Waals surface area contributed by atoms with E-state index >= 15 is 0 Å². The highest BCUT2D eigenvalue weighted by Gasteiger charge is 2.26. The minimum atomic E-state index is 0. The van der Waals surface area contributed by atoms with Crippen molar-refractivity contribution in [1.82, 2.24) is 10.6 Å². The van der Waals surface area contributed by atoms with Gasteiger partial charge < -0.3 is 10.6 Å². The van der Waals surface area contributed by atoms with Gasteiger partial charge in [0.15, 0.2) is 0 Å². The number of benzene rings is 1. The van der Waals surface area contributed by atoms with E-state index in [1.807, 2.05) is 0 Å². The molecule has 1 heterocycles. The van der Waals surface area contributed by atoms with Crippen LogP contribution in [0.4, 0.5) is 0 Å². The Hall–Kier alpha value is -1.06. The summed E-state index contributed by atoms with van der Waals surface area (Å²) < 4.78 is 0. The van der Waals surface area contributed by atoms with Crippen LogP contribution in [0, 0.1) is 11.8 Å². The number of carbonyl (C=O) groups is 1. The third kappa shape index (κ3) is 4.72. The molecule has 2 unspecified atom stereocenters. The van der Waals surface area contributed by atoms with Crippen molar-refractivity contribution in [2.24, 2.45) is 11.8 Å². The monoisotopic (exact) mass is 324 g/mol. The molecule has 124 valence electrons. The third-order valence-corrected chi connectivity index (χ3v) is 4.36. The maximum Gasteiger partial charge on any atom is 0.224 e. The smallest absolute Gasteiger partial charge is 0.224 e. The molecule has 1 amide bonds. The topological polar surface area (TPSA) is 41.1 Å². The quantitative estimate of drug-likeness (QED) is 0.868. The van der Waals surface area contributed by atoms with E-state index in [1.165, 1.54) is 11.1 Å². The van der Waals surface area contributed by atoms with Gasteiger partial charge in [-0.05, 0) is 35.9 Å². The van der Waals surface area contributed by atoms with Gasteiger partial charge in [0, 0.05) is 6.54 Å². The van der Waals surface area contributed by atoms with Crippen LogP contribution in [0.3, 0.4) is 0 Å². The molecule has 0 radical (unpaired) electrons. The van der Waals surface area contributed by atoms with E-state index in [-0.39, 0.29) is 30.3 Å². The maximum absolute atomic E-state index is 12.4. The molecule has 2 N–H and O–H groups in total. The van der Waals surface area contributed by atoms with Crippen LogP contribution in [0.15, 0.2) is 24.3 Å². The van der Waals surface area contributed by atoms with Crippen molar-refractivity contribution in [3.8, 4) is 0 Å². The summed E-state index contributed by atoms with van der Waals surface area (Å²) in [5, 5.41) is 6.50. The average molecular weight is 325 g/mol. The van der Waals surface area contributed by atoms with E-state index in [0.29, 0.717) is 11.8 Å². The standard InChI is InChI=1S/C18H28N2O.ClH/c1-12(2)14-5-7-15(8-6-14)17(13(3)4)20-18(21)16-9-10-19-11-16;/h5-8,12-13,16-17,19H,9-11H2,1-4H3,(H,20,21);1H. The molecule has 1 fully saturated rings. The number of halogens is 1. The van der Waals surface area contributed by atoms with E-state index in [9.17, 15) is 4.79 Å². The lowest BCUT2D eigenvalue weighted by molar-refractivity contribution is -0.125. The molecule has 0 spiro atoms. The van der Waals surface area contributed by atoms with Gasteiger partial charge in [0.25, 0.3) is 0 Å². The molecule has 0 saturated carbocycles. The molecule has 3 nitrogen and oxygen atoms in total. The van der Waals surface area contributed by atoms with E-state index in [0.717, 1.165) is 19.5 Å². The summed E-state index contributed by atoms with van der Waals surface area (Å²) in [4.78, 5) is 12.4. The molecular formula is C18H29ClN2O. The van der Waals surface area contributed by atoms with Gasteiger partial charge in [0.05, 0.1) is 12.0 Å². The first-order valence-electron chi connectivity index (χ1n) is 8.10. The molecule has 1 aliphatic heterocycles. The number of amides is 1. The molecule has 2 atom stereocenters. The van der Waals surface area contributed by atoms with Crippen LogP contribution < -0.4 is 10.6 Å². The normalized spacial score (nSPS) is 19.1. The molecule has 22 heavy (non-hydrogen) atoms. The molecule has 0 bridgehead atoms. The maximum atomic E-state index is 12.4. The summed E-state index contributed by atoms with van der Waals surface area (Å²) in [5.74, 6) is 1.23. The van der Waals surface area contributed by atoms with Gasteiger partial charge in [-0.3, -0.25) is 4.79 Å². The molecule has 2 rings (SSSR count). The molecule has 0 aliphatic carbocycles. The Balaban J connectivity index is 0.00000242. The predicted molar refractivity (Wildman–Crippen MR) is 94.5 cm³/mol. The number of nitrogens with one attached hydrogen (secondary N) is 2. The van der Waals surface area contributed by atoms with Crippen LogP contribution in [-0.2, 0) is 4.79 Å². The molecule has 1 aliphatic rings. The van der Waals surface area contributed by atoms with E-state index in [1.54, 1.807) is 0 Å². The van der Waals surface area contributed by atoms with Crippen molar-refractivity contribution in [2.45, 2.75) is 46.1 Å². The molecule has 0 aromatic heterocycles. The zero-order valence-electron chi connectivity index (χ0n) is 14.1. The SMILES string of the molecule is CC(C)c1ccc(C(NC(=O)C2CCNC2)C(C)C)cc1.Cl. The number of carbonyl (C=O) groups excluding carboxylic acids is 1. The van der Waals surface area contributed by atoms with Crippen molar-refractivity contribution < 1.29 is 4.79 Å². The first kappa shape index (κ1) is 19.0. The summed E-state index contributed by atoms with van der Waals surface area (Å²) in [7, 11) is 0. The fourth-order valence-corrected chi connectivity index (χ4v) is 2.87. The van der Waals surface area contributed by atoms with Crippen molar-refractivity contribution in [3.63, 3.8) is 0 Å². The van der Waals surface area contributed by atoms with Crippen LogP contribution in [0.1, 0.15) is 57.2 Å². The minimum absolute atomic E-state index is 0. The van der Waals surface area contributed by atoms with Crippen LogP contribution in [0.2, 0.25) is 0 Å². The van der Waals surface area contributed by atoms with Gasteiger partial charge in [-0.2, -0.15) is 0 Å². The molecule has 1 aromatic rings. The highest BCUT2D eigenvalue weighted by Crippen LogP contribution is 2.25. The second kappa shape index (κ2) is 8.54. The average Bonchev–Trinajstić information content (AvgIpc) is 2.98. The lowest BCUT2D eigenvalue weighted by Gasteiger charge is -2.25. The fourth-order valence-electron chi connectivity index (χ4n) is 2.87. The van der Waals surface area contributed by atoms with Gasteiger partial charge in [-0.1, -0.05) is 52.0 Å². The number of hydrogen-bond acceptors (Lipinski definition) is 2. The Morgan fingerprint density at radius 3 is 2.18 bits per heavy atom. The van der Waals surface area contributed by atoms with Crippen molar-refractivity contribution >= 4 is 18.3 Å². The summed E-state index contributed by atoms with van der Waals surface area (Å²) in [6.45, 7) is 10.5. The molecule has 4 heteroatoms. The predicted octanol–water partition coefficient (Wildman–Crippen LogP) is 3.65. The lowest BCUT2D eigenvalue weighted by Crippen LogP contribution is -2.37. The largest absolute Gasteiger partial charge is 0.349 e. The Kier molecular flexibility index (Phi) is 7.37. The van der Waals surface area contributed by atoms with Crippen LogP contribution in [0.25, 0.3) is 0 Å². The number of rotatable bonds is 5. The van der Waals surface area contributed by atoms with Gasteiger partial charge >= 0.3 is 0 Å². The second-order valence-electron chi connectivity index (χ2n) is 6.74. The van der Waals surface area contributed by atoms with Crippen LogP contribution in [-0.4, -0.2) is 19.0 Å². The summed E-state index contributed by atoms with van der Waals surface area (Å²) in [6, 6.07) is 8.77. The third-order valence-electron chi connectivity index (χ3n) is 4.36. The summed E-state index contributed by atoms with van der Waals surface area (Å²) >= 11 is 0. The summed E-state index contributed by atoms with van der Waals surface area (Å²) in [5.41, 5.74) is 2.54. The van der Waals surface area contributed by atoms with Crippen molar-refractivity contribution in [3.05, 3.63) is 35.4 Å². The van der Waals surface area contributed by atoms with E-state index in [4.69, 9.17) is 0 Å². The van der Waals surface area contributed by atoms with E-state index in [2.05, 4.69) is 62.6 Å². The van der Waals surface area contributed by atoms with Gasteiger partial charge in [-0.15, -0.1) is 12.4 Å². The van der Waals surface area contributed by atoms with Gasteiger partial charge in [0.1, 0.15) is 0 Å². The van der Waals surface area contributed by atoms with Gasteiger partial charge in [0.2, 0.25) is 5.91 Å². The highest BCUT2D eigenvalue weighted by molar-refractivity contribution is 5.85. The first-order chi connectivity index (χ1) is 9.99. The van der Waals surface area contributed by atoms with E-state index < -0.39 is 0 Å². The molecule has 1 saturated heterocycles. The first-order valence-corrected chi connectivity index (χ1v) is 8.10. The van der Waals surface area contributed by atoms with Crippen LogP contribution >= 0.6 is 12.4 Å². The second-order valence-corrected chi connectivity index (χ2v) is 6.74. The Morgan fingerprint density at radius 1 is 1.14 bits per heavy atom. The summed E-state index contributed by atoms with van der Waals surface area (Å²) in [6.07, 6.45) is 0.947.